The zero-order valence-electron chi connectivity index (χ0n) is 16.1. The Hall–Kier alpha value is -2.77. The molecule has 7 heteroatoms. The summed E-state index contributed by atoms with van der Waals surface area (Å²) in [7, 11) is 1.52. The number of halogens is 1. The monoisotopic (exact) mass is 456 g/mol. The number of hydrazone groups is 1. The molecule has 1 aliphatic rings. The van der Waals surface area contributed by atoms with Crippen LogP contribution in [0.3, 0.4) is 0 Å². The van der Waals surface area contributed by atoms with Crippen molar-refractivity contribution in [3.8, 4) is 0 Å². The van der Waals surface area contributed by atoms with Crippen LogP contribution >= 0.6 is 15.9 Å². The molecule has 2 aromatic carbocycles. The van der Waals surface area contributed by atoms with Crippen LogP contribution < -0.4 is 5.01 Å². The van der Waals surface area contributed by atoms with Gasteiger partial charge in [0, 0.05) is 17.2 Å². The van der Waals surface area contributed by atoms with E-state index in [2.05, 4.69) is 21.0 Å². The highest BCUT2D eigenvalue weighted by atomic mass is 79.9. The summed E-state index contributed by atoms with van der Waals surface area (Å²) in [5.74, 6) is -2.01. The number of amides is 1. The Morgan fingerprint density at radius 2 is 1.86 bits per heavy atom. The number of hydrogen-bond donors (Lipinski definition) is 1. The van der Waals surface area contributed by atoms with Crippen molar-refractivity contribution in [1.29, 1.82) is 0 Å². The van der Waals surface area contributed by atoms with Gasteiger partial charge in [-0.1, -0.05) is 45.8 Å². The van der Waals surface area contributed by atoms with Crippen molar-refractivity contribution in [2.24, 2.45) is 11.0 Å². The number of nitrogens with zero attached hydrogens (tertiary/aromatic N) is 2. The molecule has 1 unspecified atom stereocenters. The van der Waals surface area contributed by atoms with Crippen LogP contribution in [-0.2, 0) is 14.3 Å². The van der Waals surface area contributed by atoms with E-state index < -0.39 is 11.9 Å². The summed E-state index contributed by atoms with van der Waals surface area (Å²) in [4.78, 5) is 24.9. The first-order chi connectivity index (χ1) is 13.9. The van der Waals surface area contributed by atoms with Crippen LogP contribution in [0.15, 0.2) is 63.7 Å². The van der Waals surface area contributed by atoms with E-state index in [-0.39, 0.29) is 24.5 Å². The van der Waals surface area contributed by atoms with Gasteiger partial charge in [0.25, 0.3) is 5.91 Å². The number of benzene rings is 2. The van der Waals surface area contributed by atoms with Gasteiger partial charge in [0.05, 0.1) is 23.9 Å². The predicted octanol–water partition coefficient (Wildman–Crippen LogP) is 4.28. The van der Waals surface area contributed by atoms with Gasteiger partial charge in [-0.25, -0.2) is 9.80 Å². The third-order valence-electron chi connectivity index (χ3n) is 4.62. The largest absolute Gasteiger partial charge is 0.478 e. The fraction of sp³-hybridized carbons (Fsp3) is 0.227. The number of carboxylic acids is 1. The number of aryl methyl sites for hydroxylation is 1. The summed E-state index contributed by atoms with van der Waals surface area (Å²) >= 11 is 3.36. The highest BCUT2D eigenvalue weighted by Gasteiger charge is 2.37. The molecule has 0 saturated heterocycles. The number of carboxylic acid groups (broad SMARTS) is 1. The lowest BCUT2D eigenvalue weighted by Gasteiger charge is -2.15. The Morgan fingerprint density at radius 1 is 1.21 bits per heavy atom. The van der Waals surface area contributed by atoms with Crippen molar-refractivity contribution in [2.45, 2.75) is 13.3 Å². The lowest BCUT2D eigenvalue weighted by molar-refractivity contribution is -0.132. The number of rotatable bonds is 7. The quantitative estimate of drug-likeness (QED) is 0.630. The molecular formula is C22H21BrN2O4. The molecule has 0 aliphatic carbocycles. The van der Waals surface area contributed by atoms with Crippen LogP contribution in [0.2, 0.25) is 0 Å². The third kappa shape index (κ3) is 4.99. The Bertz CT molecular complexity index is 965. The fourth-order valence-electron chi connectivity index (χ4n) is 3.08. The first-order valence-corrected chi connectivity index (χ1v) is 9.84. The first-order valence-electron chi connectivity index (χ1n) is 9.05. The molecule has 0 saturated carbocycles. The summed E-state index contributed by atoms with van der Waals surface area (Å²) in [6.07, 6.45) is 1.62. The van der Waals surface area contributed by atoms with Gasteiger partial charge in [0.15, 0.2) is 0 Å². The molecular weight excluding hydrogens is 436 g/mol. The van der Waals surface area contributed by atoms with E-state index in [1.807, 2.05) is 55.5 Å². The number of aliphatic carboxylic acids is 1. The lowest BCUT2D eigenvalue weighted by atomic mass is 9.93. The van der Waals surface area contributed by atoms with Gasteiger partial charge in [-0.3, -0.25) is 4.79 Å². The molecule has 1 N–H and O–H groups in total. The minimum atomic E-state index is -1.06. The Balaban J connectivity index is 1.89. The van der Waals surface area contributed by atoms with E-state index in [9.17, 15) is 14.7 Å². The van der Waals surface area contributed by atoms with Crippen molar-refractivity contribution in [3.63, 3.8) is 0 Å². The Labute approximate surface area is 177 Å². The van der Waals surface area contributed by atoms with Crippen molar-refractivity contribution in [1.82, 2.24) is 0 Å². The van der Waals surface area contributed by atoms with Crippen molar-refractivity contribution in [3.05, 3.63) is 69.7 Å². The summed E-state index contributed by atoms with van der Waals surface area (Å²) < 4.78 is 6.10. The Kier molecular flexibility index (Phi) is 6.61. The van der Waals surface area contributed by atoms with Gasteiger partial charge in [-0.05, 0) is 49.2 Å². The third-order valence-corrected chi connectivity index (χ3v) is 5.15. The predicted molar refractivity (Wildman–Crippen MR) is 116 cm³/mol. The van der Waals surface area contributed by atoms with Crippen LogP contribution in [0.25, 0.3) is 6.08 Å². The van der Waals surface area contributed by atoms with E-state index in [1.54, 1.807) is 6.08 Å². The smallest absolute Gasteiger partial charge is 0.331 e. The number of ether oxygens (including phenoxy) is 1. The maximum Gasteiger partial charge on any atom is 0.331 e. The zero-order valence-corrected chi connectivity index (χ0v) is 17.7. The molecule has 29 heavy (non-hydrogen) atoms. The lowest BCUT2D eigenvalue weighted by Crippen LogP contribution is -2.29. The second-order valence-corrected chi connectivity index (χ2v) is 7.71. The molecule has 3 rings (SSSR count). The SMILES string of the molecule is COCC1=NN(c2ccc(C)cc2)C(=O)C1CC(=Cc1ccc(Br)cc1)C(=O)O. The number of hydrogen-bond acceptors (Lipinski definition) is 4. The van der Waals surface area contributed by atoms with E-state index in [1.165, 1.54) is 12.1 Å². The van der Waals surface area contributed by atoms with Gasteiger partial charge in [0.1, 0.15) is 0 Å². The standard InChI is InChI=1S/C22H21BrN2O4/c1-14-3-9-18(10-4-14)25-21(26)19(20(24-25)13-29-2)12-16(22(27)28)11-15-5-7-17(23)8-6-15/h3-11,19H,12-13H2,1-2H3,(H,27,28). The molecule has 1 atom stereocenters. The highest BCUT2D eigenvalue weighted by Crippen LogP contribution is 2.29. The second-order valence-electron chi connectivity index (χ2n) is 6.79. The average Bonchev–Trinajstić information content (AvgIpc) is 2.99. The molecule has 0 spiro atoms. The minimum absolute atomic E-state index is 0.0365. The van der Waals surface area contributed by atoms with Gasteiger partial charge in [0.2, 0.25) is 0 Å². The van der Waals surface area contributed by atoms with Crippen molar-refractivity contribution in [2.75, 3.05) is 18.7 Å². The van der Waals surface area contributed by atoms with Crippen LogP contribution in [-0.4, -0.2) is 36.4 Å². The fourth-order valence-corrected chi connectivity index (χ4v) is 3.34. The molecule has 1 heterocycles. The van der Waals surface area contributed by atoms with Crippen molar-refractivity contribution >= 4 is 45.3 Å². The zero-order chi connectivity index (χ0) is 21.0. The summed E-state index contributed by atoms with van der Waals surface area (Å²) in [5.41, 5.74) is 3.12. The minimum Gasteiger partial charge on any atom is -0.478 e. The molecule has 1 amide bonds. The maximum absolute atomic E-state index is 13.1. The molecule has 0 radical (unpaired) electrons. The molecule has 2 aromatic rings. The maximum atomic E-state index is 13.1. The summed E-state index contributed by atoms with van der Waals surface area (Å²) in [5, 5.41) is 15.4. The van der Waals surface area contributed by atoms with E-state index in [0.29, 0.717) is 11.4 Å². The summed E-state index contributed by atoms with van der Waals surface area (Å²) in [6.45, 7) is 2.12. The molecule has 6 nitrogen and oxygen atoms in total. The number of carbonyl (C=O) groups is 2. The van der Waals surface area contributed by atoms with Gasteiger partial charge >= 0.3 is 5.97 Å². The Morgan fingerprint density at radius 3 is 2.45 bits per heavy atom. The number of carbonyl (C=O) groups excluding carboxylic acids is 1. The van der Waals surface area contributed by atoms with Crippen LogP contribution in [0.1, 0.15) is 17.5 Å². The summed E-state index contributed by atoms with van der Waals surface area (Å²) in [6, 6.07) is 14.7. The molecule has 0 bridgehead atoms. The van der Waals surface area contributed by atoms with Gasteiger partial charge in [-0.15, -0.1) is 0 Å². The van der Waals surface area contributed by atoms with Crippen LogP contribution in [0.4, 0.5) is 5.69 Å². The van der Waals surface area contributed by atoms with E-state index >= 15 is 0 Å². The first kappa shape index (κ1) is 21.0. The van der Waals surface area contributed by atoms with Gasteiger partial charge < -0.3 is 9.84 Å². The highest BCUT2D eigenvalue weighted by molar-refractivity contribution is 9.10. The molecule has 0 aromatic heterocycles. The average molecular weight is 457 g/mol. The topological polar surface area (TPSA) is 79.2 Å². The van der Waals surface area contributed by atoms with E-state index in [4.69, 9.17) is 4.74 Å². The van der Waals surface area contributed by atoms with Crippen LogP contribution in [0, 0.1) is 12.8 Å². The van der Waals surface area contributed by atoms with E-state index in [0.717, 1.165) is 15.6 Å². The number of methoxy groups -OCH3 is 1. The van der Waals surface area contributed by atoms with Gasteiger partial charge in [-0.2, -0.15) is 5.10 Å². The second kappa shape index (κ2) is 9.15. The van der Waals surface area contributed by atoms with Crippen LogP contribution in [0.5, 0.6) is 0 Å². The number of anilines is 1. The normalized spacial score (nSPS) is 16.9. The molecule has 1 aliphatic heterocycles. The molecule has 0 fully saturated rings. The molecule has 150 valence electrons. The van der Waals surface area contributed by atoms with Crippen molar-refractivity contribution < 1.29 is 19.4 Å².